The van der Waals surface area contributed by atoms with Crippen molar-refractivity contribution in [2.75, 3.05) is 25.5 Å². The maximum Gasteiger partial charge on any atom is 0.338 e. The third kappa shape index (κ3) is 6.58. The van der Waals surface area contributed by atoms with Crippen LogP contribution in [-0.2, 0) is 14.3 Å². The number of carbonyl (C=O) groups excluding carboxylic acids is 3. The predicted molar refractivity (Wildman–Crippen MR) is 121 cm³/mol. The van der Waals surface area contributed by atoms with Gasteiger partial charge in [0.1, 0.15) is 11.5 Å². The summed E-state index contributed by atoms with van der Waals surface area (Å²) in [6, 6.07) is 22.4. The van der Waals surface area contributed by atoms with Gasteiger partial charge in [0.25, 0.3) is 5.91 Å². The highest BCUT2D eigenvalue weighted by Crippen LogP contribution is 2.22. The Morgan fingerprint density at radius 1 is 0.906 bits per heavy atom. The molecule has 0 aliphatic heterocycles. The minimum Gasteiger partial charge on any atom is -0.457 e. The van der Waals surface area contributed by atoms with Crippen LogP contribution in [0.2, 0.25) is 5.02 Å². The van der Waals surface area contributed by atoms with E-state index in [1.807, 2.05) is 18.2 Å². The summed E-state index contributed by atoms with van der Waals surface area (Å²) in [5.74, 6) is -0.531. The van der Waals surface area contributed by atoms with Gasteiger partial charge in [-0.3, -0.25) is 9.59 Å². The molecule has 0 heterocycles. The van der Waals surface area contributed by atoms with Gasteiger partial charge >= 0.3 is 5.97 Å². The van der Waals surface area contributed by atoms with Crippen molar-refractivity contribution in [1.29, 1.82) is 0 Å². The molecule has 2 amide bonds. The summed E-state index contributed by atoms with van der Waals surface area (Å²) in [4.78, 5) is 37.9. The fraction of sp³-hybridized carbons (Fsp3) is 0.125. The normalized spacial score (nSPS) is 10.2. The molecule has 0 aliphatic rings. The van der Waals surface area contributed by atoms with Crippen LogP contribution >= 0.6 is 11.6 Å². The van der Waals surface area contributed by atoms with Crippen LogP contribution in [0.1, 0.15) is 10.4 Å². The van der Waals surface area contributed by atoms with E-state index >= 15 is 0 Å². The van der Waals surface area contributed by atoms with E-state index in [4.69, 9.17) is 21.1 Å². The van der Waals surface area contributed by atoms with E-state index in [9.17, 15) is 14.4 Å². The van der Waals surface area contributed by atoms with Gasteiger partial charge in [0.15, 0.2) is 6.61 Å². The lowest BCUT2D eigenvalue weighted by Crippen LogP contribution is -2.37. The summed E-state index contributed by atoms with van der Waals surface area (Å²) >= 11 is 6.00. The number of nitrogens with one attached hydrogen (secondary N) is 1. The summed E-state index contributed by atoms with van der Waals surface area (Å²) in [6.07, 6.45) is 0. The first-order valence-corrected chi connectivity index (χ1v) is 10.1. The van der Waals surface area contributed by atoms with Crippen LogP contribution in [0, 0.1) is 0 Å². The zero-order chi connectivity index (χ0) is 22.9. The lowest BCUT2D eigenvalue weighted by Gasteiger charge is -2.17. The molecule has 3 aromatic carbocycles. The van der Waals surface area contributed by atoms with Gasteiger partial charge in [-0.05, 0) is 42.5 Å². The number of rotatable bonds is 8. The van der Waals surface area contributed by atoms with Crippen molar-refractivity contribution in [3.8, 4) is 11.5 Å². The van der Waals surface area contributed by atoms with E-state index in [0.717, 1.165) is 4.90 Å². The second-order valence-corrected chi connectivity index (χ2v) is 7.20. The van der Waals surface area contributed by atoms with Crippen molar-refractivity contribution in [1.82, 2.24) is 4.90 Å². The number of nitrogens with zero attached hydrogens (tertiary/aromatic N) is 1. The van der Waals surface area contributed by atoms with E-state index in [1.54, 1.807) is 54.6 Å². The number of hydrogen-bond donors (Lipinski definition) is 1. The average Bonchev–Trinajstić information content (AvgIpc) is 2.79. The number of halogens is 1. The second-order valence-electron chi connectivity index (χ2n) is 6.80. The molecule has 164 valence electrons. The first kappa shape index (κ1) is 22.8. The number of anilines is 1. The topological polar surface area (TPSA) is 84.9 Å². The first-order chi connectivity index (χ1) is 15.4. The summed E-state index contributed by atoms with van der Waals surface area (Å²) < 4.78 is 10.8. The highest BCUT2D eigenvalue weighted by atomic mass is 35.5. The van der Waals surface area contributed by atoms with E-state index in [-0.39, 0.29) is 12.1 Å². The maximum atomic E-state index is 12.3. The van der Waals surface area contributed by atoms with Gasteiger partial charge in [-0.15, -0.1) is 0 Å². The van der Waals surface area contributed by atoms with Crippen LogP contribution in [-0.4, -0.2) is 42.9 Å². The predicted octanol–water partition coefficient (Wildman–Crippen LogP) is 4.39. The van der Waals surface area contributed by atoms with E-state index < -0.39 is 24.4 Å². The number of benzene rings is 3. The fourth-order valence-electron chi connectivity index (χ4n) is 2.69. The molecule has 0 aromatic heterocycles. The van der Waals surface area contributed by atoms with Crippen molar-refractivity contribution in [2.45, 2.75) is 0 Å². The Balaban J connectivity index is 1.49. The average molecular weight is 453 g/mol. The Labute approximate surface area is 190 Å². The Morgan fingerprint density at radius 3 is 2.34 bits per heavy atom. The van der Waals surface area contributed by atoms with E-state index in [1.165, 1.54) is 13.1 Å². The monoisotopic (exact) mass is 452 g/mol. The van der Waals surface area contributed by atoms with Gasteiger partial charge in [0.2, 0.25) is 5.91 Å². The summed E-state index contributed by atoms with van der Waals surface area (Å²) in [7, 11) is 1.44. The lowest BCUT2D eigenvalue weighted by atomic mass is 10.2. The third-order valence-electron chi connectivity index (χ3n) is 4.33. The molecule has 0 spiro atoms. The van der Waals surface area contributed by atoms with Crippen LogP contribution in [0.5, 0.6) is 11.5 Å². The van der Waals surface area contributed by atoms with Crippen molar-refractivity contribution < 1.29 is 23.9 Å². The van der Waals surface area contributed by atoms with Crippen molar-refractivity contribution in [3.63, 3.8) is 0 Å². The molecule has 1 N–H and O–H groups in total. The van der Waals surface area contributed by atoms with Gasteiger partial charge in [-0.1, -0.05) is 48.0 Å². The van der Waals surface area contributed by atoms with Gasteiger partial charge < -0.3 is 19.7 Å². The molecule has 0 bridgehead atoms. The molecule has 0 radical (unpaired) electrons. The molecular formula is C24H21ClN2O5. The zero-order valence-electron chi connectivity index (χ0n) is 17.3. The highest BCUT2D eigenvalue weighted by molar-refractivity contribution is 6.33. The summed E-state index contributed by atoms with van der Waals surface area (Å²) in [5, 5.41) is 3.02. The number of carbonyl (C=O) groups is 3. The summed E-state index contributed by atoms with van der Waals surface area (Å²) in [6.45, 7) is -0.722. The largest absolute Gasteiger partial charge is 0.457 e. The number of likely N-dealkylation sites (N-methyl/N-ethyl adjacent to an activating group) is 1. The Bertz CT molecular complexity index is 1100. The van der Waals surface area contributed by atoms with Crippen LogP contribution in [0.25, 0.3) is 0 Å². The summed E-state index contributed by atoms with van der Waals surface area (Å²) in [5.41, 5.74) is 0.689. The second kappa shape index (κ2) is 11.0. The smallest absolute Gasteiger partial charge is 0.338 e. The molecule has 0 saturated carbocycles. The molecule has 3 rings (SSSR count). The minimum atomic E-state index is -0.675. The molecule has 32 heavy (non-hydrogen) atoms. The number of hydrogen-bond acceptors (Lipinski definition) is 5. The van der Waals surface area contributed by atoms with E-state index in [2.05, 4.69) is 5.32 Å². The van der Waals surface area contributed by atoms with Crippen LogP contribution in [0.3, 0.4) is 0 Å². The molecule has 0 unspecified atom stereocenters. The quantitative estimate of drug-likeness (QED) is 0.512. The minimum absolute atomic E-state index is 0.220. The van der Waals surface area contributed by atoms with Crippen molar-refractivity contribution in [3.05, 3.63) is 89.4 Å². The van der Waals surface area contributed by atoms with Gasteiger partial charge in [0, 0.05) is 7.05 Å². The maximum absolute atomic E-state index is 12.3. The van der Waals surface area contributed by atoms with E-state index in [0.29, 0.717) is 22.2 Å². The SMILES string of the molecule is CN(CC(=O)Nc1ccccc1Cl)C(=O)COC(=O)c1cccc(Oc2ccccc2)c1. The molecule has 8 heteroatoms. The number of ether oxygens (including phenoxy) is 2. The van der Waals surface area contributed by atoms with Gasteiger partial charge in [0.05, 0.1) is 22.8 Å². The fourth-order valence-corrected chi connectivity index (χ4v) is 2.87. The first-order valence-electron chi connectivity index (χ1n) is 9.71. The Kier molecular flexibility index (Phi) is 7.83. The van der Waals surface area contributed by atoms with Crippen LogP contribution in [0.4, 0.5) is 5.69 Å². The molecule has 0 fully saturated rings. The lowest BCUT2D eigenvalue weighted by molar-refractivity contribution is -0.136. The third-order valence-corrected chi connectivity index (χ3v) is 4.66. The standard InChI is InChI=1S/C24H21ClN2O5/c1-27(15-22(28)26-21-13-6-5-12-20(21)25)23(29)16-31-24(30)17-8-7-11-19(14-17)32-18-9-3-2-4-10-18/h2-14H,15-16H2,1H3,(H,26,28). The van der Waals surface area contributed by atoms with Crippen molar-refractivity contribution in [2.24, 2.45) is 0 Å². The van der Waals surface area contributed by atoms with Crippen molar-refractivity contribution >= 4 is 35.1 Å². The molecule has 0 atom stereocenters. The van der Waals surface area contributed by atoms with Gasteiger partial charge in [-0.25, -0.2) is 4.79 Å². The number of para-hydroxylation sites is 2. The Hall–Kier alpha value is -3.84. The highest BCUT2D eigenvalue weighted by Gasteiger charge is 2.17. The number of esters is 1. The molecule has 7 nitrogen and oxygen atoms in total. The van der Waals surface area contributed by atoms with Crippen LogP contribution in [0.15, 0.2) is 78.9 Å². The van der Waals surface area contributed by atoms with Gasteiger partial charge in [-0.2, -0.15) is 0 Å². The number of amides is 2. The molecule has 3 aromatic rings. The zero-order valence-corrected chi connectivity index (χ0v) is 18.0. The molecular weight excluding hydrogens is 432 g/mol. The van der Waals surface area contributed by atoms with Crippen LogP contribution < -0.4 is 10.1 Å². The molecule has 0 aliphatic carbocycles. The molecule has 0 saturated heterocycles. The Morgan fingerprint density at radius 2 is 1.59 bits per heavy atom.